The van der Waals surface area contributed by atoms with Crippen LogP contribution in [0, 0.1) is 0 Å². The second-order valence-corrected chi connectivity index (χ2v) is 17.0. The quantitative estimate of drug-likeness (QED) is 0.163. The minimum absolute atomic E-state index is 1.10. The van der Waals surface area contributed by atoms with E-state index in [0.717, 1.165) is 22.7 Å². The SMILES string of the molecule is c1ccc(-n2c3ccccc3c3ccc(N(c4ccc(-c5ccc6c(c5)sc5ccccc56)cc4)c4ccc(-c5cccc6c5sc5ccccc56)cc4)cc32)cc1. The molecule has 3 aromatic heterocycles. The van der Waals surface area contributed by atoms with Gasteiger partial charge in [0.05, 0.1) is 11.0 Å². The molecule has 0 spiro atoms. The van der Waals surface area contributed by atoms with Crippen molar-refractivity contribution in [2.24, 2.45) is 0 Å². The standard InChI is InChI=1S/C54H34N2S2/c1-2-11-38(12-3-1)56-49-18-7-4-13-43(49)44-32-30-41(34-50(44)56)55(39-26-21-35(22-27-39)37-25-31-47-45-14-5-8-19-51(45)57-53(47)33-37)40-28-23-36(24-29-40)42-16-10-17-48-46-15-6-9-20-52(46)58-54(42)48/h1-34H. The van der Waals surface area contributed by atoms with Crippen molar-refractivity contribution in [3.05, 3.63) is 206 Å². The van der Waals surface area contributed by atoms with Crippen LogP contribution in [0.15, 0.2) is 206 Å². The van der Waals surface area contributed by atoms with Crippen LogP contribution in [0.1, 0.15) is 0 Å². The number of para-hydroxylation sites is 2. The van der Waals surface area contributed by atoms with E-state index in [1.165, 1.54) is 84.4 Å². The number of anilines is 3. The predicted molar refractivity (Wildman–Crippen MR) is 252 cm³/mol. The summed E-state index contributed by atoms with van der Waals surface area (Å²) in [5.74, 6) is 0. The van der Waals surface area contributed by atoms with Crippen molar-refractivity contribution in [2.75, 3.05) is 4.90 Å². The van der Waals surface area contributed by atoms with Crippen LogP contribution in [0.25, 0.3) is 90.1 Å². The molecule has 0 saturated carbocycles. The molecule has 0 radical (unpaired) electrons. The van der Waals surface area contributed by atoms with Crippen LogP contribution in [0.3, 0.4) is 0 Å². The number of nitrogens with zero attached hydrogens (tertiary/aromatic N) is 2. The van der Waals surface area contributed by atoms with Crippen LogP contribution in [-0.4, -0.2) is 4.57 Å². The van der Waals surface area contributed by atoms with Gasteiger partial charge in [-0.2, -0.15) is 0 Å². The highest BCUT2D eigenvalue weighted by Gasteiger charge is 2.19. The van der Waals surface area contributed by atoms with Gasteiger partial charge in [0, 0.05) is 73.9 Å². The molecule has 3 heterocycles. The van der Waals surface area contributed by atoms with Crippen LogP contribution in [0.4, 0.5) is 17.1 Å². The van der Waals surface area contributed by atoms with Crippen molar-refractivity contribution >= 4 is 102 Å². The highest BCUT2D eigenvalue weighted by molar-refractivity contribution is 7.26. The third kappa shape index (κ3) is 5.30. The third-order valence-electron chi connectivity index (χ3n) is 11.6. The Morgan fingerprint density at radius 3 is 1.66 bits per heavy atom. The zero-order chi connectivity index (χ0) is 38.2. The summed E-state index contributed by atoms with van der Waals surface area (Å²) in [5.41, 5.74) is 11.8. The molecule has 0 bridgehead atoms. The molecular formula is C54H34N2S2. The van der Waals surface area contributed by atoms with Crippen LogP contribution < -0.4 is 4.90 Å². The van der Waals surface area contributed by atoms with E-state index in [2.05, 4.69) is 216 Å². The average Bonchev–Trinajstić information content (AvgIpc) is 3.96. The summed E-state index contributed by atoms with van der Waals surface area (Å²) in [6.45, 7) is 0. The normalized spacial score (nSPS) is 11.8. The van der Waals surface area contributed by atoms with Gasteiger partial charge in [0.25, 0.3) is 0 Å². The van der Waals surface area contributed by atoms with Crippen molar-refractivity contribution in [2.45, 2.75) is 0 Å². The molecule has 0 aliphatic carbocycles. The predicted octanol–water partition coefficient (Wildman–Crippen LogP) is 16.3. The number of hydrogen-bond donors (Lipinski definition) is 0. The Bertz CT molecular complexity index is 3500. The number of fused-ring (bicyclic) bond motifs is 9. The Balaban J connectivity index is 1.00. The second-order valence-electron chi connectivity index (χ2n) is 14.9. The van der Waals surface area contributed by atoms with Gasteiger partial charge in [-0.25, -0.2) is 0 Å². The number of thiophene rings is 2. The molecule has 58 heavy (non-hydrogen) atoms. The lowest BCUT2D eigenvalue weighted by molar-refractivity contribution is 1.18. The highest BCUT2D eigenvalue weighted by Crippen LogP contribution is 2.44. The zero-order valence-electron chi connectivity index (χ0n) is 31.3. The smallest absolute Gasteiger partial charge is 0.0561 e. The van der Waals surface area contributed by atoms with Gasteiger partial charge in [0.2, 0.25) is 0 Å². The van der Waals surface area contributed by atoms with Gasteiger partial charge in [-0.3, -0.25) is 0 Å². The topological polar surface area (TPSA) is 8.17 Å². The van der Waals surface area contributed by atoms with Gasteiger partial charge in [-0.05, 0) is 95.1 Å². The lowest BCUT2D eigenvalue weighted by Crippen LogP contribution is -2.10. The van der Waals surface area contributed by atoms with E-state index in [-0.39, 0.29) is 0 Å². The maximum absolute atomic E-state index is 2.40. The van der Waals surface area contributed by atoms with Crippen LogP contribution in [0.2, 0.25) is 0 Å². The number of hydrogen-bond acceptors (Lipinski definition) is 3. The lowest BCUT2D eigenvalue weighted by Gasteiger charge is -2.26. The van der Waals surface area contributed by atoms with Gasteiger partial charge < -0.3 is 9.47 Å². The van der Waals surface area contributed by atoms with Gasteiger partial charge in [0.1, 0.15) is 0 Å². The number of aromatic nitrogens is 1. The molecule has 4 heteroatoms. The van der Waals surface area contributed by atoms with Crippen LogP contribution >= 0.6 is 22.7 Å². The molecule has 9 aromatic carbocycles. The molecule has 2 nitrogen and oxygen atoms in total. The summed E-state index contributed by atoms with van der Waals surface area (Å²) in [6, 6.07) is 75.6. The van der Waals surface area contributed by atoms with E-state index < -0.39 is 0 Å². The third-order valence-corrected chi connectivity index (χ3v) is 14.0. The molecular weight excluding hydrogens is 741 g/mol. The van der Waals surface area contributed by atoms with Crippen LogP contribution in [0.5, 0.6) is 0 Å². The molecule has 272 valence electrons. The monoisotopic (exact) mass is 774 g/mol. The van der Waals surface area contributed by atoms with Gasteiger partial charge in [0.15, 0.2) is 0 Å². The average molecular weight is 775 g/mol. The summed E-state index contributed by atoms with van der Waals surface area (Å²) in [4.78, 5) is 2.40. The minimum atomic E-state index is 1.10. The van der Waals surface area contributed by atoms with Crippen molar-refractivity contribution in [1.82, 2.24) is 4.57 Å². The van der Waals surface area contributed by atoms with E-state index in [1.807, 2.05) is 22.7 Å². The van der Waals surface area contributed by atoms with Crippen LogP contribution in [-0.2, 0) is 0 Å². The molecule has 0 aliphatic heterocycles. The van der Waals surface area contributed by atoms with Crippen molar-refractivity contribution in [3.63, 3.8) is 0 Å². The minimum Gasteiger partial charge on any atom is -0.310 e. The molecule has 0 N–H and O–H groups in total. The first-order valence-electron chi connectivity index (χ1n) is 19.7. The summed E-state index contributed by atoms with van der Waals surface area (Å²) < 4.78 is 7.70. The second kappa shape index (κ2) is 13.3. The molecule has 0 amide bonds. The van der Waals surface area contributed by atoms with Gasteiger partial charge >= 0.3 is 0 Å². The van der Waals surface area contributed by atoms with Crippen molar-refractivity contribution < 1.29 is 0 Å². The lowest BCUT2D eigenvalue weighted by atomic mass is 10.0. The first kappa shape index (κ1) is 33.2. The fourth-order valence-corrected chi connectivity index (χ4v) is 11.3. The van der Waals surface area contributed by atoms with E-state index in [4.69, 9.17) is 0 Å². The number of benzene rings is 9. The summed E-state index contributed by atoms with van der Waals surface area (Å²) >= 11 is 3.74. The fourth-order valence-electron chi connectivity index (χ4n) is 8.87. The maximum Gasteiger partial charge on any atom is 0.0561 e. The highest BCUT2D eigenvalue weighted by atomic mass is 32.1. The summed E-state index contributed by atoms with van der Waals surface area (Å²) in [7, 11) is 0. The Labute approximate surface area is 343 Å². The summed E-state index contributed by atoms with van der Waals surface area (Å²) in [6.07, 6.45) is 0. The molecule has 12 rings (SSSR count). The van der Waals surface area contributed by atoms with Gasteiger partial charge in [-0.1, -0.05) is 133 Å². The first-order valence-corrected chi connectivity index (χ1v) is 21.3. The van der Waals surface area contributed by atoms with Crippen molar-refractivity contribution in [3.8, 4) is 27.9 Å². The van der Waals surface area contributed by atoms with Crippen molar-refractivity contribution in [1.29, 1.82) is 0 Å². The molecule has 0 atom stereocenters. The Morgan fingerprint density at radius 1 is 0.328 bits per heavy atom. The maximum atomic E-state index is 2.40. The number of rotatable bonds is 6. The largest absolute Gasteiger partial charge is 0.310 e. The van der Waals surface area contributed by atoms with E-state index >= 15 is 0 Å². The van der Waals surface area contributed by atoms with Gasteiger partial charge in [-0.15, -0.1) is 22.7 Å². The van der Waals surface area contributed by atoms with E-state index in [0.29, 0.717) is 0 Å². The first-order chi connectivity index (χ1) is 28.7. The van der Waals surface area contributed by atoms with E-state index in [1.54, 1.807) is 0 Å². The fraction of sp³-hybridized carbons (Fsp3) is 0. The Hall–Kier alpha value is -6.98. The molecule has 0 unspecified atom stereocenters. The molecule has 0 fully saturated rings. The Morgan fingerprint density at radius 2 is 0.879 bits per heavy atom. The molecule has 12 aromatic rings. The molecule has 0 aliphatic rings. The summed E-state index contributed by atoms with van der Waals surface area (Å²) in [5, 5.41) is 7.78. The molecule has 0 saturated heterocycles. The zero-order valence-corrected chi connectivity index (χ0v) is 33.0. The van der Waals surface area contributed by atoms with E-state index in [9.17, 15) is 0 Å². The Kier molecular flexibility index (Phi) is 7.62.